The Balaban J connectivity index is 1.78. The zero-order valence-corrected chi connectivity index (χ0v) is 11.1. The quantitative estimate of drug-likeness (QED) is 0.864. The van der Waals surface area contributed by atoms with Crippen molar-refractivity contribution in [2.45, 2.75) is 58.0 Å². The molecule has 1 saturated carbocycles. The van der Waals surface area contributed by atoms with E-state index in [9.17, 15) is 0 Å². The number of hydrogen-bond donors (Lipinski definition) is 1. The van der Waals surface area contributed by atoms with Crippen molar-refractivity contribution in [3.05, 3.63) is 16.6 Å². The molecule has 1 fully saturated rings. The summed E-state index contributed by atoms with van der Waals surface area (Å²) >= 11 is 1.68. The highest BCUT2D eigenvalue weighted by molar-refractivity contribution is 7.07. The third kappa shape index (κ3) is 3.05. The summed E-state index contributed by atoms with van der Waals surface area (Å²) in [7, 11) is 0. The van der Waals surface area contributed by atoms with Crippen LogP contribution in [-0.4, -0.2) is 11.0 Å². The molecular formula is C13H22N2S. The van der Waals surface area contributed by atoms with E-state index in [1.807, 2.05) is 5.51 Å². The Morgan fingerprint density at radius 3 is 2.75 bits per heavy atom. The van der Waals surface area contributed by atoms with Gasteiger partial charge in [-0.25, -0.2) is 4.98 Å². The van der Waals surface area contributed by atoms with Gasteiger partial charge < -0.3 is 5.32 Å². The number of thiazole rings is 1. The summed E-state index contributed by atoms with van der Waals surface area (Å²) in [6.45, 7) is 4.54. The lowest BCUT2D eigenvalue weighted by Crippen LogP contribution is -2.35. The Kier molecular flexibility index (Phi) is 4.36. The van der Waals surface area contributed by atoms with Crippen molar-refractivity contribution in [3.63, 3.8) is 0 Å². The first-order chi connectivity index (χ1) is 7.79. The molecule has 0 aromatic carbocycles. The lowest BCUT2D eigenvalue weighted by molar-refractivity contribution is 0.272. The van der Waals surface area contributed by atoms with Crippen LogP contribution in [-0.2, 0) is 0 Å². The summed E-state index contributed by atoms with van der Waals surface area (Å²) in [5, 5.41) is 5.86. The largest absolute Gasteiger partial charge is 0.306 e. The highest BCUT2D eigenvalue weighted by Gasteiger charge is 2.21. The number of hydrogen-bond acceptors (Lipinski definition) is 3. The average molecular weight is 238 g/mol. The van der Waals surface area contributed by atoms with Gasteiger partial charge in [-0.15, -0.1) is 11.3 Å². The van der Waals surface area contributed by atoms with Crippen LogP contribution in [0.2, 0.25) is 0 Å². The summed E-state index contributed by atoms with van der Waals surface area (Å²) in [6.07, 6.45) is 6.84. The van der Waals surface area contributed by atoms with Crippen LogP contribution in [0.5, 0.6) is 0 Å². The summed E-state index contributed by atoms with van der Waals surface area (Å²) in [4.78, 5) is 4.37. The smallest absolute Gasteiger partial charge is 0.0795 e. The van der Waals surface area contributed by atoms with Crippen molar-refractivity contribution in [1.82, 2.24) is 10.3 Å². The van der Waals surface area contributed by atoms with E-state index in [1.54, 1.807) is 11.3 Å². The van der Waals surface area contributed by atoms with E-state index in [0.29, 0.717) is 12.1 Å². The maximum Gasteiger partial charge on any atom is 0.0795 e. The Labute approximate surface area is 102 Å². The molecule has 90 valence electrons. The first kappa shape index (κ1) is 12.1. The van der Waals surface area contributed by atoms with Gasteiger partial charge in [0, 0.05) is 17.5 Å². The summed E-state index contributed by atoms with van der Waals surface area (Å²) in [6, 6.07) is 1.12. The van der Waals surface area contributed by atoms with Crippen LogP contribution in [0.25, 0.3) is 0 Å². The van der Waals surface area contributed by atoms with Gasteiger partial charge in [-0.1, -0.05) is 13.3 Å². The predicted octanol–water partition coefficient (Wildman–Crippen LogP) is 3.76. The molecule has 1 N–H and O–H groups in total. The van der Waals surface area contributed by atoms with E-state index in [0.717, 1.165) is 5.92 Å². The SMILES string of the molecule is CCC1CCC(NC(C)c2cscn2)CC1. The molecule has 1 aliphatic rings. The Bertz CT molecular complexity index is 289. The van der Waals surface area contributed by atoms with Gasteiger partial charge in [0.2, 0.25) is 0 Å². The minimum Gasteiger partial charge on any atom is -0.306 e. The van der Waals surface area contributed by atoms with E-state index in [4.69, 9.17) is 0 Å². The molecule has 0 radical (unpaired) electrons. The number of rotatable bonds is 4. The van der Waals surface area contributed by atoms with Crippen LogP contribution in [0.3, 0.4) is 0 Å². The van der Waals surface area contributed by atoms with Crippen LogP contribution in [0.1, 0.15) is 57.7 Å². The Morgan fingerprint density at radius 1 is 1.44 bits per heavy atom. The third-order valence-electron chi connectivity index (χ3n) is 3.80. The molecule has 1 unspecified atom stereocenters. The van der Waals surface area contributed by atoms with Gasteiger partial charge in [0.25, 0.3) is 0 Å². The minimum absolute atomic E-state index is 0.412. The van der Waals surface area contributed by atoms with Gasteiger partial charge in [-0.05, 0) is 38.5 Å². The molecule has 0 bridgehead atoms. The third-order valence-corrected chi connectivity index (χ3v) is 4.41. The maximum absolute atomic E-state index is 4.37. The molecule has 0 saturated heterocycles. The molecular weight excluding hydrogens is 216 g/mol. The maximum atomic E-state index is 4.37. The standard InChI is InChI=1S/C13H22N2S/c1-3-11-4-6-12(7-5-11)15-10(2)13-8-16-9-14-13/h8-12,15H,3-7H2,1-2H3. The van der Waals surface area contributed by atoms with Gasteiger partial charge in [-0.2, -0.15) is 0 Å². The molecule has 0 spiro atoms. The van der Waals surface area contributed by atoms with Gasteiger partial charge in [-0.3, -0.25) is 0 Å². The van der Waals surface area contributed by atoms with E-state index in [-0.39, 0.29) is 0 Å². The van der Waals surface area contributed by atoms with Crippen LogP contribution in [0.15, 0.2) is 10.9 Å². The second-order valence-corrected chi connectivity index (χ2v) is 5.65. The molecule has 1 aromatic rings. The fraction of sp³-hybridized carbons (Fsp3) is 0.769. The number of nitrogens with one attached hydrogen (secondary N) is 1. The Morgan fingerprint density at radius 2 is 2.19 bits per heavy atom. The van der Waals surface area contributed by atoms with Crippen molar-refractivity contribution in [2.24, 2.45) is 5.92 Å². The molecule has 2 nitrogen and oxygen atoms in total. The van der Waals surface area contributed by atoms with Crippen molar-refractivity contribution in [2.75, 3.05) is 0 Å². The van der Waals surface area contributed by atoms with Crippen LogP contribution in [0.4, 0.5) is 0 Å². The lowest BCUT2D eigenvalue weighted by Gasteiger charge is -2.30. The van der Waals surface area contributed by atoms with Crippen LogP contribution >= 0.6 is 11.3 Å². The molecule has 1 aliphatic carbocycles. The highest BCUT2D eigenvalue weighted by atomic mass is 32.1. The second-order valence-electron chi connectivity index (χ2n) is 4.93. The topological polar surface area (TPSA) is 24.9 Å². The molecule has 2 rings (SSSR count). The molecule has 1 aromatic heterocycles. The fourth-order valence-corrected chi connectivity index (χ4v) is 3.26. The van der Waals surface area contributed by atoms with E-state index >= 15 is 0 Å². The monoisotopic (exact) mass is 238 g/mol. The van der Waals surface area contributed by atoms with E-state index < -0.39 is 0 Å². The van der Waals surface area contributed by atoms with Crippen LogP contribution < -0.4 is 5.32 Å². The van der Waals surface area contributed by atoms with E-state index in [1.165, 1.54) is 37.8 Å². The first-order valence-corrected chi connectivity index (χ1v) is 7.38. The Hall–Kier alpha value is -0.410. The molecule has 16 heavy (non-hydrogen) atoms. The molecule has 1 heterocycles. The number of aromatic nitrogens is 1. The highest BCUT2D eigenvalue weighted by Crippen LogP contribution is 2.27. The van der Waals surface area contributed by atoms with E-state index in [2.05, 4.69) is 29.5 Å². The lowest BCUT2D eigenvalue weighted by atomic mass is 9.84. The van der Waals surface area contributed by atoms with Gasteiger partial charge >= 0.3 is 0 Å². The van der Waals surface area contributed by atoms with Crippen molar-refractivity contribution < 1.29 is 0 Å². The summed E-state index contributed by atoms with van der Waals surface area (Å²) < 4.78 is 0. The molecule has 0 amide bonds. The fourth-order valence-electron chi connectivity index (χ4n) is 2.61. The molecule has 0 aliphatic heterocycles. The average Bonchev–Trinajstić information content (AvgIpc) is 2.83. The van der Waals surface area contributed by atoms with Crippen LogP contribution in [0, 0.1) is 5.92 Å². The second kappa shape index (κ2) is 5.78. The van der Waals surface area contributed by atoms with Gasteiger partial charge in [0.15, 0.2) is 0 Å². The van der Waals surface area contributed by atoms with Crippen molar-refractivity contribution in [1.29, 1.82) is 0 Å². The summed E-state index contributed by atoms with van der Waals surface area (Å²) in [5.41, 5.74) is 3.12. The first-order valence-electron chi connectivity index (χ1n) is 6.43. The molecule has 1 atom stereocenters. The van der Waals surface area contributed by atoms with Gasteiger partial charge in [0.1, 0.15) is 0 Å². The number of nitrogens with zero attached hydrogens (tertiary/aromatic N) is 1. The normalized spacial score (nSPS) is 27.9. The minimum atomic E-state index is 0.412. The summed E-state index contributed by atoms with van der Waals surface area (Å²) in [5.74, 6) is 0.979. The van der Waals surface area contributed by atoms with Crippen molar-refractivity contribution >= 4 is 11.3 Å². The predicted molar refractivity (Wildman–Crippen MR) is 69.7 cm³/mol. The zero-order valence-electron chi connectivity index (χ0n) is 10.3. The zero-order chi connectivity index (χ0) is 11.4. The van der Waals surface area contributed by atoms with Gasteiger partial charge in [0.05, 0.1) is 11.2 Å². The van der Waals surface area contributed by atoms with Crippen molar-refractivity contribution in [3.8, 4) is 0 Å². The molecule has 3 heteroatoms.